The van der Waals surface area contributed by atoms with Crippen LogP contribution in [0.3, 0.4) is 0 Å². The Bertz CT molecular complexity index is 3370. The highest BCUT2D eigenvalue weighted by atomic mass is 32.1. The SMILES string of the molecule is C=C/C=C\c1c(C)c2cc3c(cc2c2ccccc12)sc1c3ccc2c3ccccc3n(-c3nc(-c4ccccc4)c4ccc5ccccc5c4n3)c21. The minimum absolute atomic E-state index is 0.675. The smallest absolute Gasteiger partial charge is 0.235 e. The lowest BCUT2D eigenvalue weighted by Crippen LogP contribution is -2.04. The Morgan fingerprint density at radius 2 is 1.30 bits per heavy atom. The Morgan fingerprint density at radius 1 is 0.585 bits per heavy atom. The van der Waals surface area contributed by atoms with Gasteiger partial charge in [0, 0.05) is 42.6 Å². The van der Waals surface area contributed by atoms with E-state index in [1.54, 1.807) is 0 Å². The zero-order chi connectivity index (χ0) is 35.2. The van der Waals surface area contributed by atoms with E-state index in [0.29, 0.717) is 5.95 Å². The molecule has 0 aliphatic heterocycles. The molecule has 0 N–H and O–H groups in total. The first-order valence-electron chi connectivity index (χ1n) is 18.0. The lowest BCUT2D eigenvalue weighted by Gasteiger charge is -2.13. The normalized spacial score (nSPS) is 12.2. The van der Waals surface area contributed by atoms with Crippen molar-refractivity contribution in [3.63, 3.8) is 0 Å². The van der Waals surface area contributed by atoms with Crippen LogP contribution in [0, 0.1) is 6.92 Å². The lowest BCUT2D eigenvalue weighted by molar-refractivity contribution is 1.02. The Balaban J connectivity index is 1.28. The molecular weight excluding hydrogens is 663 g/mol. The van der Waals surface area contributed by atoms with Crippen LogP contribution in [0.4, 0.5) is 0 Å². The third kappa shape index (κ3) is 4.33. The Morgan fingerprint density at radius 3 is 2.15 bits per heavy atom. The van der Waals surface area contributed by atoms with E-state index in [2.05, 4.69) is 164 Å². The van der Waals surface area contributed by atoms with Gasteiger partial charge in [0.15, 0.2) is 0 Å². The zero-order valence-electron chi connectivity index (χ0n) is 29.0. The third-order valence-corrected chi connectivity index (χ3v) is 12.1. The van der Waals surface area contributed by atoms with Gasteiger partial charge in [-0.25, -0.2) is 9.97 Å². The summed E-state index contributed by atoms with van der Waals surface area (Å²) < 4.78 is 4.82. The predicted molar refractivity (Wildman–Crippen MR) is 229 cm³/mol. The number of benzene rings is 8. The highest BCUT2D eigenvalue weighted by Gasteiger charge is 2.22. The number of hydrogen-bond acceptors (Lipinski definition) is 3. The summed E-state index contributed by atoms with van der Waals surface area (Å²) in [7, 11) is 0. The number of allylic oxidation sites excluding steroid dienone is 2. The number of thiophene rings is 1. The van der Waals surface area contributed by atoms with Gasteiger partial charge in [0.1, 0.15) is 0 Å². The fourth-order valence-corrected chi connectivity index (χ4v) is 9.78. The van der Waals surface area contributed by atoms with Crippen molar-refractivity contribution in [2.45, 2.75) is 6.92 Å². The van der Waals surface area contributed by atoms with Crippen molar-refractivity contribution in [2.24, 2.45) is 0 Å². The van der Waals surface area contributed by atoms with E-state index in [1.807, 2.05) is 23.5 Å². The third-order valence-electron chi connectivity index (χ3n) is 11.0. The molecule has 0 saturated carbocycles. The quantitative estimate of drug-likeness (QED) is 0.136. The predicted octanol–water partition coefficient (Wildman–Crippen LogP) is 13.7. The second kappa shape index (κ2) is 11.4. The summed E-state index contributed by atoms with van der Waals surface area (Å²) in [6, 6.07) is 50.3. The van der Waals surface area contributed by atoms with Crippen LogP contribution in [0.2, 0.25) is 0 Å². The van der Waals surface area contributed by atoms with E-state index in [-0.39, 0.29) is 0 Å². The van der Waals surface area contributed by atoms with Gasteiger partial charge in [-0.3, -0.25) is 4.57 Å². The maximum Gasteiger partial charge on any atom is 0.235 e. The van der Waals surface area contributed by atoms with Gasteiger partial charge in [-0.1, -0.05) is 140 Å². The van der Waals surface area contributed by atoms with Gasteiger partial charge in [0.2, 0.25) is 5.95 Å². The van der Waals surface area contributed by atoms with Crippen LogP contribution in [0.15, 0.2) is 158 Å². The molecule has 0 aliphatic carbocycles. The largest absolute Gasteiger partial charge is 0.276 e. The van der Waals surface area contributed by atoms with E-state index in [9.17, 15) is 0 Å². The van der Waals surface area contributed by atoms with Crippen molar-refractivity contribution in [1.29, 1.82) is 0 Å². The molecule has 0 amide bonds. The summed E-state index contributed by atoms with van der Waals surface area (Å²) in [5.41, 5.74) is 7.71. The summed E-state index contributed by atoms with van der Waals surface area (Å²) in [5, 5.41) is 13.3. The molecule has 0 saturated heterocycles. The molecule has 0 aliphatic rings. The first-order chi connectivity index (χ1) is 26.2. The van der Waals surface area contributed by atoms with Gasteiger partial charge >= 0.3 is 0 Å². The molecule has 0 radical (unpaired) electrons. The Kier molecular flexibility index (Phi) is 6.49. The number of aryl methyl sites for hydroxylation is 1. The molecule has 0 spiro atoms. The second-order valence-corrected chi connectivity index (χ2v) is 14.8. The molecule has 53 heavy (non-hydrogen) atoms. The number of aromatic nitrogens is 3. The van der Waals surface area contributed by atoms with Gasteiger partial charge in [0.25, 0.3) is 0 Å². The molecule has 248 valence electrons. The highest BCUT2D eigenvalue weighted by Crippen LogP contribution is 2.46. The van der Waals surface area contributed by atoms with Gasteiger partial charge in [0.05, 0.1) is 26.9 Å². The minimum atomic E-state index is 0.675. The molecule has 4 heteroatoms. The standard InChI is InChI=1S/C49H31N3S/c1-3-4-17-32-29(2)40-27-42-38-26-25-37-36-21-12-13-22-43(36)52(47(37)48(38)53-44(42)28-41(40)35-20-11-10-19-34(32)35)49-50-45(31-15-6-5-7-16-31)39-24-23-30-14-8-9-18-33(30)46(39)51-49/h3-28H,1H2,2H3/b17-4-. The first-order valence-corrected chi connectivity index (χ1v) is 18.8. The van der Waals surface area contributed by atoms with E-state index in [0.717, 1.165) is 44.0 Å². The number of para-hydroxylation sites is 1. The minimum Gasteiger partial charge on any atom is -0.276 e. The van der Waals surface area contributed by atoms with E-state index >= 15 is 0 Å². The lowest BCUT2D eigenvalue weighted by atomic mass is 9.91. The van der Waals surface area contributed by atoms with Crippen molar-refractivity contribution in [3.05, 3.63) is 169 Å². The molecule has 8 aromatic carbocycles. The molecule has 3 nitrogen and oxygen atoms in total. The van der Waals surface area contributed by atoms with Gasteiger partial charge in [-0.05, 0) is 69.2 Å². The Hall–Kier alpha value is -6.62. The van der Waals surface area contributed by atoms with Crippen LogP contribution in [0.5, 0.6) is 0 Å². The van der Waals surface area contributed by atoms with Crippen molar-refractivity contribution in [1.82, 2.24) is 14.5 Å². The van der Waals surface area contributed by atoms with Gasteiger partial charge in [-0.15, -0.1) is 11.3 Å². The van der Waals surface area contributed by atoms with Crippen molar-refractivity contribution >= 4 is 103 Å². The molecule has 3 heterocycles. The first kappa shape index (κ1) is 30.0. The van der Waals surface area contributed by atoms with Crippen LogP contribution >= 0.6 is 11.3 Å². The van der Waals surface area contributed by atoms with Crippen LogP contribution in [0.25, 0.3) is 108 Å². The molecule has 0 bridgehead atoms. The van der Waals surface area contributed by atoms with Crippen LogP contribution in [-0.2, 0) is 0 Å². The average molecular weight is 694 g/mol. The monoisotopic (exact) mass is 693 g/mol. The molecular formula is C49H31N3S. The maximum atomic E-state index is 5.46. The van der Waals surface area contributed by atoms with E-state index < -0.39 is 0 Å². The Labute approximate surface area is 309 Å². The molecule has 0 unspecified atom stereocenters. The molecule has 11 aromatic rings. The van der Waals surface area contributed by atoms with Gasteiger partial charge < -0.3 is 0 Å². The van der Waals surface area contributed by atoms with Crippen molar-refractivity contribution < 1.29 is 0 Å². The van der Waals surface area contributed by atoms with Gasteiger partial charge in [-0.2, -0.15) is 0 Å². The number of fused-ring (bicyclic) bond motifs is 13. The highest BCUT2D eigenvalue weighted by molar-refractivity contribution is 7.26. The summed E-state index contributed by atoms with van der Waals surface area (Å²) in [6.45, 7) is 6.19. The topological polar surface area (TPSA) is 30.7 Å². The van der Waals surface area contributed by atoms with Crippen molar-refractivity contribution in [3.8, 4) is 17.2 Å². The summed E-state index contributed by atoms with van der Waals surface area (Å²) >= 11 is 1.87. The number of hydrogen-bond donors (Lipinski definition) is 0. The summed E-state index contributed by atoms with van der Waals surface area (Å²) in [5.74, 6) is 0.675. The second-order valence-electron chi connectivity index (χ2n) is 13.8. The summed E-state index contributed by atoms with van der Waals surface area (Å²) in [6.07, 6.45) is 6.08. The fourth-order valence-electron chi connectivity index (χ4n) is 8.52. The van der Waals surface area contributed by atoms with Crippen LogP contribution in [0.1, 0.15) is 11.1 Å². The molecule has 0 fully saturated rings. The fraction of sp³-hybridized carbons (Fsp3) is 0.0204. The average Bonchev–Trinajstić information content (AvgIpc) is 3.75. The zero-order valence-corrected chi connectivity index (χ0v) is 29.8. The molecule has 11 rings (SSSR count). The maximum absolute atomic E-state index is 5.46. The van der Waals surface area contributed by atoms with Crippen molar-refractivity contribution in [2.75, 3.05) is 0 Å². The van der Waals surface area contributed by atoms with E-state index in [1.165, 1.54) is 63.6 Å². The molecule has 3 aromatic heterocycles. The van der Waals surface area contributed by atoms with Crippen LogP contribution in [-0.4, -0.2) is 14.5 Å². The molecule has 0 atom stereocenters. The van der Waals surface area contributed by atoms with Crippen LogP contribution < -0.4 is 0 Å². The number of nitrogens with zero attached hydrogens (tertiary/aromatic N) is 3. The number of rotatable bonds is 4. The summed E-state index contributed by atoms with van der Waals surface area (Å²) in [4.78, 5) is 10.9. The van der Waals surface area contributed by atoms with E-state index in [4.69, 9.17) is 9.97 Å².